The molecule has 2 rings (SSSR count). The Morgan fingerprint density at radius 3 is 2.87 bits per heavy atom. The topological polar surface area (TPSA) is 47.1 Å². The van der Waals surface area contributed by atoms with Crippen molar-refractivity contribution < 1.29 is 0 Å². The fourth-order valence-electron chi connectivity index (χ4n) is 1.93. The minimum atomic E-state index is 0.445. The number of nitrogens with two attached hydrogens (primary N) is 1. The molecular formula is C11H20N4. The van der Waals surface area contributed by atoms with Gasteiger partial charge in [0.25, 0.3) is 0 Å². The van der Waals surface area contributed by atoms with E-state index in [0.29, 0.717) is 12.1 Å². The van der Waals surface area contributed by atoms with E-state index in [1.807, 2.05) is 4.68 Å². The van der Waals surface area contributed by atoms with Gasteiger partial charge in [0.2, 0.25) is 0 Å². The summed E-state index contributed by atoms with van der Waals surface area (Å²) in [5.74, 6) is 0. The zero-order valence-electron chi connectivity index (χ0n) is 9.56. The highest BCUT2D eigenvalue weighted by atomic mass is 15.3. The molecule has 0 radical (unpaired) electrons. The summed E-state index contributed by atoms with van der Waals surface area (Å²) in [4.78, 5) is 2.40. The van der Waals surface area contributed by atoms with Gasteiger partial charge in [0.1, 0.15) is 0 Å². The smallest absolute Gasteiger partial charge is 0.0765 e. The molecule has 0 aliphatic carbocycles. The molecule has 1 atom stereocenters. The van der Waals surface area contributed by atoms with Gasteiger partial charge < -0.3 is 5.73 Å². The van der Waals surface area contributed by atoms with Gasteiger partial charge in [0.15, 0.2) is 0 Å². The minimum absolute atomic E-state index is 0.445. The zero-order chi connectivity index (χ0) is 10.8. The van der Waals surface area contributed by atoms with Crippen LogP contribution < -0.4 is 5.73 Å². The van der Waals surface area contributed by atoms with Crippen LogP contribution in [0.25, 0.3) is 0 Å². The number of likely N-dealkylation sites (tertiary alicyclic amines) is 1. The third-order valence-corrected chi connectivity index (χ3v) is 3.10. The van der Waals surface area contributed by atoms with Crippen molar-refractivity contribution in [2.24, 2.45) is 5.73 Å². The molecule has 84 valence electrons. The summed E-state index contributed by atoms with van der Waals surface area (Å²) in [6, 6.07) is 3.13. The maximum atomic E-state index is 5.66. The number of nitrogens with zero attached hydrogens (tertiary/aromatic N) is 3. The van der Waals surface area contributed by atoms with Gasteiger partial charge in [-0.15, -0.1) is 0 Å². The van der Waals surface area contributed by atoms with Gasteiger partial charge >= 0.3 is 0 Å². The molecule has 4 nitrogen and oxygen atoms in total. The molecule has 1 fully saturated rings. The Kier molecular flexibility index (Phi) is 3.07. The van der Waals surface area contributed by atoms with Crippen LogP contribution in [0.2, 0.25) is 0 Å². The Morgan fingerprint density at radius 1 is 1.60 bits per heavy atom. The van der Waals surface area contributed by atoms with Gasteiger partial charge in [-0.25, -0.2) is 0 Å². The van der Waals surface area contributed by atoms with Crippen LogP contribution in [0.15, 0.2) is 12.3 Å². The van der Waals surface area contributed by atoms with Crippen LogP contribution in [-0.2, 0) is 6.54 Å². The third-order valence-electron chi connectivity index (χ3n) is 3.10. The molecule has 1 aliphatic rings. The monoisotopic (exact) mass is 208 g/mol. The van der Waals surface area contributed by atoms with Crippen molar-refractivity contribution in [1.82, 2.24) is 14.7 Å². The van der Waals surface area contributed by atoms with Crippen molar-refractivity contribution in [1.29, 1.82) is 0 Å². The Labute approximate surface area is 91.1 Å². The molecule has 1 aliphatic heterocycles. The highest BCUT2D eigenvalue weighted by Crippen LogP contribution is 2.18. The van der Waals surface area contributed by atoms with Crippen LogP contribution in [0.4, 0.5) is 0 Å². The van der Waals surface area contributed by atoms with Crippen LogP contribution in [0.5, 0.6) is 0 Å². The molecule has 15 heavy (non-hydrogen) atoms. The fraction of sp³-hybridized carbons (Fsp3) is 0.727. The molecule has 0 spiro atoms. The van der Waals surface area contributed by atoms with Crippen LogP contribution >= 0.6 is 0 Å². The number of rotatable bonds is 4. The van der Waals surface area contributed by atoms with E-state index < -0.39 is 0 Å². The summed E-state index contributed by atoms with van der Waals surface area (Å²) in [7, 11) is 0. The van der Waals surface area contributed by atoms with Crippen LogP contribution in [0, 0.1) is 0 Å². The first-order valence-corrected chi connectivity index (χ1v) is 5.69. The first-order chi connectivity index (χ1) is 7.20. The second kappa shape index (κ2) is 4.33. The van der Waals surface area contributed by atoms with Crippen LogP contribution in [0.3, 0.4) is 0 Å². The summed E-state index contributed by atoms with van der Waals surface area (Å²) in [6.07, 6.45) is 3.29. The molecular weight excluding hydrogens is 188 g/mol. The van der Waals surface area contributed by atoms with E-state index in [9.17, 15) is 0 Å². The van der Waals surface area contributed by atoms with E-state index in [0.717, 1.165) is 25.3 Å². The SMILES string of the molecule is CC(C)n1ccc(CN2CCC2CN)n1. The number of hydrogen-bond donors (Lipinski definition) is 1. The number of aromatic nitrogens is 2. The number of hydrogen-bond acceptors (Lipinski definition) is 3. The van der Waals surface area contributed by atoms with E-state index >= 15 is 0 Å². The molecule has 2 heterocycles. The zero-order valence-corrected chi connectivity index (χ0v) is 9.56. The lowest BCUT2D eigenvalue weighted by molar-refractivity contribution is 0.0864. The lowest BCUT2D eigenvalue weighted by Gasteiger charge is -2.39. The molecule has 2 N–H and O–H groups in total. The van der Waals surface area contributed by atoms with Gasteiger partial charge in [-0.05, 0) is 26.3 Å². The van der Waals surface area contributed by atoms with E-state index in [-0.39, 0.29) is 0 Å². The average Bonchev–Trinajstić information content (AvgIpc) is 2.61. The van der Waals surface area contributed by atoms with Crippen molar-refractivity contribution in [3.8, 4) is 0 Å². The van der Waals surface area contributed by atoms with Gasteiger partial charge in [0.05, 0.1) is 5.69 Å². The molecule has 0 amide bonds. The molecule has 1 aromatic rings. The summed E-state index contributed by atoms with van der Waals surface area (Å²) in [6.45, 7) is 7.16. The van der Waals surface area contributed by atoms with Gasteiger partial charge in [-0.1, -0.05) is 0 Å². The largest absolute Gasteiger partial charge is 0.329 e. The maximum absolute atomic E-state index is 5.66. The standard InChI is InChI=1S/C11H20N4/c1-9(2)15-6-3-10(13-15)8-14-5-4-11(14)7-12/h3,6,9,11H,4-5,7-8,12H2,1-2H3. The first-order valence-electron chi connectivity index (χ1n) is 5.69. The van der Waals surface area contributed by atoms with Gasteiger partial charge in [-0.3, -0.25) is 9.58 Å². The average molecular weight is 208 g/mol. The molecule has 1 unspecified atom stereocenters. The summed E-state index contributed by atoms with van der Waals surface area (Å²) >= 11 is 0. The van der Waals surface area contributed by atoms with Crippen molar-refractivity contribution in [2.45, 2.75) is 38.9 Å². The van der Waals surface area contributed by atoms with Crippen LogP contribution in [0.1, 0.15) is 32.0 Å². The lowest BCUT2D eigenvalue weighted by atomic mass is 10.0. The van der Waals surface area contributed by atoms with Crippen molar-refractivity contribution in [3.63, 3.8) is 0 Å². The quantitative estimate of drug-likeness (QED) is 0.803. The Bertz CT molecular complexity index is 316. The predicted octanol–water partition coefficient (Wildman–Crippen LogP) is 0.997. The Hall–Kier alpha value is -0.870. The first kappa shape index (κ1) is 10.6. The lowest BCUT2D eigenvalue weighted by Crippen LogP contribution is -2.50. The molecule has 0 saturated carbocycles. The highest BCUT2D eigenvalue weighted by molar-refractivity contribution is 5.01. The normalized spacial score (nSPS) is 22.0. The Morgan fingerprint density at radius 2 is 2.40 bits per heavy atom. The van der Waals surface area contributed by atoms with E-state index in [2.05, 4.69) is 36.1 Å². The van der Waals surface area contributed by atoms with E-state index in [1.165, 1.54) is 6.42 Å². The van der Waals surface area contributed by atoms with Crippen LogP contribution in [-0.4, -0.2) is 33.8 Å². The van der Waals surface area contributed by atoms with Gasteiger partial charge in [-0.2, -0.15) is 5.10 Å². The van der Waals surface area contributed by atoms with E-state index in [4.69, 9.17) is 5.73 Å². The summed E-state index contributed by atoms with van der Waals surface area (Å²) in [5, 5.41) is 4.53. The second-order valence-corrected chi connectivity index (χ2v) is 4.53. The van der Waals surface area contributed by atoms with Crippen molar-refractivity contribution >= 4 is 0 Å². The highest BCUT2D eigenvalue weighted by Gasteiger charge is 2.26. The summed E-state index contributed by atoms with van der Waals surface area (Å²) < 4.78 is 2.01. The Balaban J connectivity index is 1.93. The third kappa shape index (κ3) is 2.21. The van der Waals surface area contributed by atoms with Crippen molar-refractivity contribution in [2.75, 3.05) is 13.1 Å². The maximum Gasteiger partial charge on any atom is 0.0765 e. The molecule has 4 heteroatoms. The van der Waals surface area contributed by atoms with Gasteiger partial charge in [0, 0.05) is 37.9 Å². The predicted molar refractivity (Wildman–Crippen MR) is 60.5 cm³/mol. The molecule has 0 aromatic carbocycles. The molecule has 1 saturated heterocycles. The van der Waals surface area contributed by atoms with E-state index in [1.54, 1.807) is 0 Å². The fourth-order valence-corrected chi connectivity index (χ4v) is 1.93. The summed E-state index contributed by atoms with van der Waals surface area (Å²) in [5.41, 5.74) is 6.82. The minimum Gasteiger partial charge on any atom is -0.329 e. The van der Waals surface area contributed by atoms with Crippen molar-refractivity contribution in [3.05, 3.63) is 18.0 Å². The molecule has 1 aromatic heterocycles. The molecule has 0 bridgehead atoms. The second-order valence-electron chi connectivity index (χ2n) is 4.53.